The summed E-state index contributed by atoms with van der Waals surface area (Å²) in [5.41, 5.74) is 2.93. The average molecular weight is 300 g/mol. The fraction of sp³-hybridized carbons (Fsp3) is 0.412. The third-order valence-corrected chi connectivity index (χ3v) is 3.43. The van der Waals surface area contributed by atoms with Gasteiger partial charge in [0.2, 0.25) is 5.91 Å². The summed E-state index contributed by atoms with van der Waals surface area (Å²) in [5.74, 6) is 0.608. The number of amides is 1. The molecule has 1 heterocycles. The average Bonchev–Trinajstić information content (AvgIpc) is 2.83. The van der Waals surface area contributed by atoms with Gasteiger partial charge in [0, 0.05) is 11.5 Å². The quantitative estimate of drug-likeness (QED) is 0.912. The highest BCUT2D eigenvalue weighted by Crippen LogP contribution is 2.27. The molecular formula is C17H24N4O. The number of anilines is 1. The number of carbonyl (C=O) groups is 1. The van der Waals surface area contributed by atoms with Crippen LogP contribution in [0.1, 0.15) is 32.0 Å². The SMILES string of the molecule is CNCC(=O)Nc1cc(C(C)(C)C)nn1-c1ccccc1C. The summed E-state index contributed by atoms with van der Waals surface area (Å²) in [7, 11) is 1.75. The lowest BCUT2D eigenvalue weighted by Crippen LogP contribution is -2.26. The first kappa shape index (κ1) is 16.2. The maximum atomic E-state index is 11.9. The van der Waals surface area contributed by atoms with Crippen LogP contribution in [-0.2, 0) is 10.2 Å². The van der Waals surface area contributed by atoms with Crippen LogP contribution in [-0.4, -0.2) is 29.3 Å². The highest BCUT2D eigenvalue weighted by molar-refractivity contribution is 5.91. The van der Waals surface area contributed by atoms with E-state index in [4.69, 9.17) is 5.10 Å². The van der Waals surface area contributed by atoms with E-state index in [-0.39, 0.29) is 17.9 Å². The third-order valence-electron chi connectivity index (χ3n) is 3.43. The van der Waals surface area contributed by atoms with Crippen LogP contribution in [0.5, 0.6) is 0 Å². The van der Waals surface area contributed by atoms with Crippen molar-refractivity contribution in [2.24, 2.45) is 0 Å². The Morgan fingerprint density at radius 1 is 1.27 bits per heavy atom. The molecule has 0 aliphatic carbocycles. The smallest absolute Gasteiger partial charge is 0.239 e. The minimum Gasteiger partial charge on any atom is -0.311 e. The summed E-state index contributed by atoms with van der Waals surface area (Å²) in [4.78, 5) is 11.9. The number of aryl methyl sites for hydroxylation is 1. The molecule has 0 radical (unpaired) electrons. The molecule has 22 heavy (non-hydrogen) atoms. The standard InChI is InChI=1S/C17H24N4O/c1-12-8-6-7-9-13(12)21-15(19-16(22)11-18-5)10-14(20-21)17(2,3)4/h6-10,18H,11H2,1-5H3,(H,19,22). The highest BCUT2D eigenvalue weighted by atomic mass is 16.2. The van der Waals surface area contributed by atoms with Gasteiger partial charge in [0.25, 0.3) is 0 Å². The summed E-state index contributed by atoms with van der Waals surface area (Å²) in [6, 6.07) is 9.95. The molecule has 0 aliphatic rings. The van der Waals surface area contributed by atoms with Gasteiger partial charge < -0.3 is 10.6 Å². The molecule has 2 rings (SSSR count). The van der Waals surface area contributed by atoms with Crippen molar-refractivity contribution < 1.29 is 4.79 Å². The van der Waals surface area contributed by atoms with Crippen molar-refractivity contribution in [2.45, 2.75) is 33.1 Å². The zero-order valence-electron chi connectivity index (χ0n) is 13.9. The fourth-order valence-corrected chi connectivity index (χ4v) is 2.17. The zero-order chi connectivity index (χ0) is 16.3. The van der Waals surface area contributed by atoms with Crippen LogP contribution in [0.3, 0.4) is 0 Å². The second-order valence-corrected chi connectivity index (χ2v) is 6.44. The van der Waals surface area contributed by atoms with E-state index in [9.17, 15) is 4.79 Å². The van der Waals surface area contributed by atoms with Crippen molar-refractivity contribution in [1.82, 2.24) is 15.1 Å². The van der Waals surface area contributed by atoms with Gasteiger partial charge in [-0.05, 0) is 25.6 Å². The van der Waals surface area contributed by atoms with E-state index >= 15 is 0 Å². The predicted molar refractivity (Wildman–Crippen MR) is 89.6 cm³/mol. The topological polar surface area (TPSA) is 59.0 Å². The Balaban J connectivity index is 2.49. The molecule has 0 saturated heterocycles. The van der Waals surface area contributed by atoms with E-state index in [1.54, 1.807) is 7.05 Å². The van der Waals surface area contributed by atoms with Gasteiger partial charge in [-0.1, -0.05) is 39.0 Å². The molecule has 2 N–H and O–H groups in total. The normalized spacial score (nSPS) is 11.5. The van der Waals surface area contributed by atoms with Gasteiger partial charge in [0.05, 0.1) is 17.9 Å². The second kappa shape index (κ2) is 6.32. The van der Waals surface area contributed by atoms with E-state index in [1.165, 1.54) is 0 Å². The Bertz CT molecular complexity index is 668. The van der Waals surface area contributed by atoms with Gasteiger partial charge in [0.1, 0.15) is 5.82 Å². The van der Waals surface area contributed by atoms with Crippen LogP contribution in [0.15, 0.2) is 30.3 Å². The van der Waals surface area contributed by atoms with Crippen molar-refractivity contribution in [3.8, 4) is 5.69 Å². The lowest BCUT2D eigenvalue weighted by molar-refractivity contribution is -0.115. The number of likely N-dealkylation sites (N-methyl/N-ethyl adjacent to an activating group) is 1. The van der Waals surface area contributed by atoms with E-state index in [0.717, 1.165) is 16.9 Å². The van der Waals surface area contributed by atoms with Crippen molar-refractivity contribution >= 4 is 11.7 Å². The monoisotopic (exact) mass is 300 g/mol. The van der Waals surface area contributed by atoms with Gasteiger partial charge in [-0.3, -0.25) is 4.79 Å². The summed E-state index contributed by atoms with van der Waals surface area (Å²) in [6.07, 6.45) is 0. The first-order valence-corrected chi connectivity index (χ1v) is 7.44. The molecule has 2 aromatic rings. The van der Waals surface area contributed by atoms with Crippen LogP contribution in [0.2, 0.25) is 0 Å². The number of aromatic nitrogens is 2. The fourth-order valence-electron chi connectivity index (χ4n) is 2.17. The molecule has 0 unspecified atom stereocenters. The van der Waals surface area contributed by atoms with Gasteiger partial charge in [-0.2, -0.15) is 5.10 Å². The lowest BCUT2D eigenvalue weighted by Gasteiger charge is -2.14. The minimum absolute atomic E-state index is 0.0855. The van der Waals surface area contributed by atoms with Crippen molar-refractivity contribution in [1.29, 1.82) is 0 Å². The van der Waals surface area contributed by atoms with Gasteiger partial charge in [0.15, 0.2) is 0 Å². The number of para-hydroxylation sites is 1. The number of carbonyl (C=O) groups excluding carboxylic acids is 1. The molecule has 1 amide bonds. The molecule has 0 spiro atoms. The number of nitrogens with one attached hydrogen (secondary N) is 2. The van der Waals surface area contributed by atoms with Crippen molar-refractivity contribution in [3.05, 3.63) is 41.6 Å². The molecule has 1 aromatic heterocycles. The molecule has 5 heteroatoms. The molecule has 0 atom stereocenters. The molecule has 1 aromatic carbocycles. The van der Waals surface area contributed by atoms with Crippen LogP contribution >= 0.6 is 0 Å². The maximum Gasteiger partial charge on any atom is 0.239 e. The molecule has 0 saturated carbocycles. The number of rotatable bonds is 4. The Morgan fingerprint density at radius 2 is 1.95 bits per heavy atom. The van der Waals surface area contributed by atoms with Crippen LogP contribution in [0, 0.1) is 6.92 Å². The van der Waals surface area contributed by atoms with Crippen LogP contribution in [0.25, 0.3) is 5.69 Å². The van der Waals surface area contributed by atoms with E-state index in [0.29, 0.717) is 5.82 Å². The van der Waals surface area contributed by atoms with Crippen molar-refractivity contribution in [2.75, 3.05) is 18.9 Å². The Morgan fingerprint density at radius 3 is 2.55 bits per heavy atom. The van der Waals surface area contributed by atoms with Gasteiger partial charge in [-0.15, -0.1) is 0 Å². The Kier molecular flexibility index (Phi) is 4.66. The molecule has 0 fully saturated rings. The van der Waals surface area contributed by atoms with Gasteiger partial charge >= 0.3 is 0 Å². The minimum atomic E-state index is -0.0869. The van der Waals surface area contributed by atoms with E-state index < -0.39 is 0 Å². The van der Waals surface area contributed by atoms with E-state index in [2.05, 4.69) is 31.4 Å². The predicted octanol–water partition coefficient (Wildman–Crippen LogP) is 2.64. The molecular weight excluding hydrogens is 276 g/mol. The Hall–Kier alpha value is -2.14. The first-order chi connectivity index (χ1) is 10.3. The first-order valence-electron chi connectivity index (χ1n) is 7.44. The summed E-state index contributed by atoms with van der Waals surface area (Å²) < 4.78 is 1.81. The largest absolute Gasteiger partial charge is 0.311 e. The van der Waals surface area contributed by atoms with Gasteiger partial charge in [-0.25, -0.2) is 4.68 Å². The maximum absolute atomic E-state index is 11.9. The summed E-state index contributed by atoms with van der Waals surface area (Å²) in [5, 5.41) is 10.5. The Labute approximate surface area is 131 Å². The molecule has 5 nitrogen and oxygen atoms in total. The van der Waals surface area contributed by atoms with E-state index in [1.807, 2.05) is 41.9 Å². The number of hydrogen-bond donors (Lipinski definition) is 2. The highest BCUT2D eigenvalue weighted by Gasteiger charge is 2.21. The molecule has 118 valence electrons. The van der Waals surface area contributed by atoms with Crippen LogP contribution in [0.4, 0.5) is 5.82 Å². The number of nitrogens with zero attached hydrogens (tertiary/aromatic N) is 2. The molecule has 0 aliphatic heterocycles. The molecule has 0 bridgehead atoms. The number of benzene rings is 1. The zero-order valence-corrected chi connectivity index (χ0v) is 13.9. The summed E-state index contributed by atoms with van der Waals surface area (Å²) in [6.45, 7) is 8.63. The third kappa shape index (κ3) is 3.54. The number of hydrogen-bond acceptors (Lipinski definition) is 3. The lowest BCUT2D eigenvalue weighted by atomic mass is 9.92. The van der Waals surface area contributed by atoms with Crippen molar-refractivity contribution in [3.63, 3.8) is 0 Å². The second-order valence-electron chi connectivity index (χ2n) is 6.44. The summed E-state index contributed by atoms with van der Waals surface area (Å²) >= 11 is 0. The van der Waals surface area contributed by atoms with Crippen LogP contribution < -0.4 is 10.6 Å².